The number of ether oxygens (including phenoxy) is 1. The van der Waals surface area contributed by atoms with Gasteiger partial charge >= 0.3 is 5.97 Å². The lowest BCUT2D eigenvalue weighted by molar-refractivity contribution is -0.153. The summed E-state index contributed by atoms with van der Waals surface area (Å²) in [6.45, 7) is 1.98. The van der Waals surface area contributed by atoms with E-state index in [0.29, 0.717) is 11.4 Å². The number of esters is 1. The van der Waals surface area contributed by atoms with Crippen molar-refractivity contribution in [2.45, 2.75) is 31.4 Å². The van der Waals surface area contributed by atoms with Crippen molar-refractivity contribution in [3.63, 3.8) is 0 Å². The van der Waals surface area contributed by atoms with E-state index in [9.17, 15) is 14.4 Å². The summed E-state index contributed by atoms with van der Waals surface area (Å²) in [5.41, 5.74) is 2.87. The molecule has 1 saturated heterocycles. The average Bonchev–Trinajstić information content (AvgIpc) is 2.77. The fourth-order valence-corrected chi connectivity index (χ4v) is 4.85. The highest BCUT2D eigenvalue weighted by Gasteiger charge is 2.53. The van der Waals surface area contributed by atoms with Gasteiger partial charge in [0.25, 0.3) is 5.91 Å². The molecule has 0 bridgehead atoms. The molecule has 0 unspecified atom stereocenters. The lowest BCUT2D eigenvalue weighted by atomic mass is 10.0. The molecular weight excluding hydrogens is 400 g/mol. The fourth-order valence-electron chi connectivity index (χ4n) is 3.56. The van der Waals surface area contributed by atoms with Crippen LogP contribution in [0.2, 0.25) is 0 Å². The molecule has 2 aliphatic rings. The molecule has 2 heterocycles. The average molecular weight is 423 g/mol. The zero-order valence-electron chi connectivity index (χ0n) is 16.5. The standard InChI is InChI=1S/C23H22N2O4S/c1-15-14-30-22-19(24-18(26)12-16-8-4-2-5-9-16)21(27)25(22)20(15)23(28)29-13-17-10-6-3-7-11-17/h2-11,19,22H,12-14H2,1H3,(H,24,26)/t19-,22+/m1/s1. The number of β-lactam (4-membered cyclic amide) rings is 1. The molecular formula is C23H22N2O4S. The van der Waals surface area contributed by atoms with Crippen molar-refractivity contribution >= 4 is 29.5 Å². The molecule has 4 rings (SSSR count). The Morgan fingerprint density at radius 3 is 2.37 bits per heavy atom. The van der Waals surface area contributed by atoms with E-state index >= 15 is 0 Å². The van der Waals surface area contributed by atoms with Crippen molar-refractivity contribution in [2.75, 3.05) is 5.75 Å². The summed E-state index contributed by atoms with van der Waals surface area (Å²) in [6.07, 6.45) is 0.211. The van der Waals surface area contributed by atoms with E-state index < -0.39 is 12.0 Å². The molecule has 7 heteroatoms. The predicted octanol–water partition coefficient (Wildman–Crippen LogP) is 2.65. The number of nitrogens with zero attached hydrogens (tertiary/aromatic N) is 1. The number of carbonyl (C=O) groups is 3. The molecule has 2 atom stereocenters. The first-order valence-electron chi connectivity index (χ1n) is 9.73. The number of hydrogen-bond acceptors (Lipinski definition) is 5. The normalized spacial score (nSPS) is 20.3. The van der Waals surface area contributed by atoms with Gasteiger partial charge in [-0.05, 0) is 23.6 Å². The van der Waals surface area contributed by atoms with Crippen LogP contribution in [0.15, 0.2) is 71.9 Å². The van der Waals surface area contributed by atoms with Crippen molar-refractivity contribution in [3.8, 4) is 0 Å². The Morgan fingerprint density at radius 2 is 1.70 bits per heavy atom. The van der Waals surface area contributed by atoms with Crippen LogP contribution in [-0.4, -0.2) is 39.9 Å². The van der Waals surface area contributed by atoms with Crippen LogP contribution in [0.5, 0.6) is 0 Å². The van der Waals surface area contributed by atoms with Gasteiger partial charge in [0.2, 0.25) is 5.91 Å². The van der Waals surface area contributed by atoms with E-state index in [1.165, 1.54) is 4.90 Å². The zero-order chi connectivity index (χ0) is 21.1. The Morgan fingerprint density at radius 1 is 1.07 bits per heavy atom. The van der Waals surface area contributed by atoms with Gasteiger partial charge in [-0.3, -0.25) is 14.5 Å². The maximum atomic E-state index is 12.8. The Labute approximate surface area is 179 Å². The van der Waals surface area contributed by atoms with Gasteiger partial charge in [-0.1, -0.05) is 60.7 Å². The summed E-state index contributed by atoms with van der Waals surface area (Å²) in [5.74, 6) is -0.391. The minimum atomic E-state index is -0.628. The first kappa shape index (κ1) is 20.2. The van der Waals surface area contributed by atoms with Gasteiger partial charge in [0.05, 0.1) is 6.42 Å². The number of rotatable bonds is 6. The molecule has 30 heavy (non-hydrogen) atoms. The molecule has 2 amide bonds. The van der Waals surface area contributed by atoms with Gasteiger partial charge in [0, 0.05) is 5.75 Å². The topological polar surface area (TPSA) is 75.7 Å². The van der Waals surface area contributed by atoms with Crippen LogP contribution >= 0.6 is 11.8 Å². The molecule has 0 radical (unpaired) electrons. The van der Waals surface area contributed by atoms with E-state index in [1.54, 1.807) is 11.8 Å². The summed E-state index contributed by atoms with van der Waals surface area (Å²) >= 11 is 1.54. The maximum absolute atomic E-state index is 12.8. The van der Waals surface area contributed by atoms with Gasteiger partial charge in [-0.25, -0.2) is 4.79 Å². The number of amides is 2. The highest BCUT2D eigenvalue weighted by atomic mass is 32.2. The van der Waals surface area contributed by atoms with E-state index in [4.69, 9.17) is 4.74 Å². The van der Waals surface area contributed by atoms with Gasteiger partial charge in [-0.2, -0.15) is 0 Å². The molecule has 0 aromatic heterocycles. The molecule has 2 aromatic carbocycles. The first-order valence-corrected chi connectivity index (χ1v) is 10.8. The van der Waals surface area contributed by atoms with Crippen LogP contribution in [0.1, 0.15) is 18.1 Å². The number of carbonyl (C=O) groups excluding carboxylic acids is 3. The molecule has 0 aliphatic carbocycles. The Balaban J connectivity index is 1.39. The Hall–Kier alpha value is -3.06. The summed E-state index contributed by atoms with van der Waals surface area (Å²) in [6, 6.07) is 18.2. The second-order valence-corrected chi connectivity index (χ2v) is 8.41. The second kappa shape index (κ2) is 8.75. The summed E-state index contributed by atoms with van der Waals surface area (Å²) < 4.78 is 5.45. The number of thioether (sulfide) groups is 1. The molecule has 0 spiro atoms. The third kappa shape index (κ3) is 4.11. The van der Waals surface area contributed by atoms with Crippen molar-refractivity contribution in [1.29, 1.82) is 0 Å². The highest BCUT2D eigenvalue weighted by Crippen LogP contribution is 2.40. The summed E-state index contributed by atoms with van der Waals surface area (Å²) in [5, 5.41) is 2.53. The predicted molar refractivity (Wildman–Crippen MR) is 114 cm³/mol. The van der Waals surface area contributed by atoms with Crippen LogP contribution in [0.3, 0.4) is 0 Å². The Bertz CT molecular complexity index is 991. The number of nitrogens with one attached hydrogen (secondary N) is 1. The fraction of sp³-hybridized carbons (Fsp3) is 0.261. The summed E-state index contributed by atoms with van der Waals surface area (Å²) in [7, 11) is 0. The molecule has 1 N–H and O–H groups in total. The quantitative estimate of drug-likeness (QED) is 0.572. The SMILES string of the molecule is CC1=C(C(=O)OCc2ccccc2)N2C(=O)[C@@H](NC(=O)Cc3ccccc3)[C@@H]2SC1. The molecule has 1 fully saturated rings. The van der Waals surface area contributed by atoms with E-state index in [0.717, 1.165) is 16.7 Å². The van der Waals surface area contributed by atoms with Crippen LogP contribution < -0.4 is 5.32 Å². The maximum Gasteiger partial charge on any atom is 0.355 e. The van der Waals surface area contributed by atoms with Crippen molar-refractivity contribution in [3.05, 3.63) is 83.1 Å². The minimum absolute atomic E-state index is 0.146. The molecule has 0 saturated carbocycles. The van der Waals surface area contributed by atoms with Gasteiger partial charge < -0.3 is 10.1 Å². The third-order valence-corrected chi connectivity index (χ3v) is 6.51. The lowest BCUT2D eigenvalue weighted by Gasteiger charge is -2.49. The molecule has 2 aromatic rings. The number of benzene rings is 2. The highest BCUT2D eigenvalue weighted by molar-refractivity contribution is 8.00. The van der Waals surface area contributed by atoms with E-state index in [-0.39, 0.29) is 30.2 Å². The van der Waals surface area contributed by atoms with Gasteiger partial charge in [0.15, 0.2) is 0 Å². The largest absolute Gasteiger partial charge is 0.456 e. The molecule has 2 aliphatic heterocycles. The van der Waals surface area contributed by atoms with Gasteiger partial charge in [-0.15, -0.1) is 11.8 Å². The number of fused-ring (bicyclic) bond motifs is 1. The first-order chi connectivity index (χ1) is 14.5. The third-order valence-electron chi connectivity index (χ3n) is 5.09. The van der Waals surface area contributed by atoms with Crippen molar-refractivity contribution < 1.29 is 19.1 Å². The van der Waals surface area contributed by atoms with Crippen LogP contribution in [0, 0.1) is 0 Å². The smallest absolute Gasteiger partial charge is 0.355 e. The van der Waals surface area contributed by atoms with E-state index in [1.807, 2.05) is 67.6 Å². The molecule has 6 nitrogen and oxygen atoms in total. The monoisotopic (exact) mass is 422 g/mol. The summed E-state index contributed by atoms with van der Waals surface area (Å²) in [4.78, 5) is 39.3. The number of hydrogen-bond donors (Lipinski definition) is 1. The Kier molecular flexibility index (Phi) is 5.90. The lowest BCUT2D eigenvalue weighted by Crippen LogP contribution is -2.70. The van der Waals surface area contributed by atoms with Crippen LogP contribution in [-0.2, 0) is 32.1 Å². The van der Waals surface area contributed by atoms with Crippen molar-refractivity contribution in [2.24, 2.45) is 0 Å². The minimum Gasteiger partial charge on any atom is -0.456 e. The van der Waals surface area contributed by atoms with Crippen LogP contribution in [0.25, 0.3) is 0 Å². The van der Waals surface area contributed by atoms with Crippen LogP contribution in [0.4, 0.5) is 0 Å². The van der Waals surface area contributed by atoms with E-state index in [2.05, 4.69) is 5.32 Å². The molecule has 154 valence electrons. The van der Waals surface area contributed by atoms with Gasteiger partial charge in [0.1, 0.15) is 23.7 Å². The second-order valence-electron chi connectivity index (χ2n) is 7.31. The van der Waals surface area contributed by atoms with Crippen molar-refractivity contribution in [1.82, 2.24) is 10.2 Å². The zero-order valence-corrected chi connectivity index (χ0v) is 17.4.